The fourth-order valence-electron chi connectivity index (χ4n) is 2.29. The molecule has 0 radical (unpaired) electrons. The lowest BCUT2D eigenvalue weighted by Gasteiger charge is -2.12. The molecule has 0 saturated heterocycles. The van der Waals surface area contributed by atoms with E-state index in [1.807, 2.05) is 41.8 Å². The second-order valence-electron chi connectivity index (χ2n) is 4.68. The molecule has 3 rings (SSSR count). The van der Waals surface area contributed by atoms with Crippen molar-refractivity contribution in [2.75, 3.05) is 0 Å². The zero-order valence-electron chi connectivity index (χ0n) is 11.0. The van der Waals surface area contributed by atoms with Crippen LogP contribution in [0.2, 0.25) is 10.0 Å². The van der Waals surface area contributed by atoms with Gasteiger partial charge in [-0.2, -0.15) is 0 Å². The molecule has 108 valence electrons. The van der Waals surface area contributed by atoms with Gasteiger partial charge >= 0.3 is 0 Å². The van der Waals surface area contributed by atoms with E-state index in [0.29, 0.717) is 10.0 Å². The minimum Gasteiger partial charge on any atom is -0.294 e. The summed E-state index contributed by atoms with van der Waals surface area (Å²) in [6.07, 6.45) is 0. The number of imidazole rings is 1. The van der Waals surface area contributed by atoms with Crippen LogP contribution < -0.4 is 0 Å². The van der Waals surface area contributed by atoms with Crippen LogP contribution in [0.4, 0.5) is 0 Å². The van der Waals surface area contributed by atoms with Gasteiger partial charge in [0.25, 0.3) is 0 Å². The van der Waals surface area contributed by atoms with E-state index in [-0.39, 0.29) is 5.88 Å². The average Bonchev–Trinajstić information content (AvgIpc) is 2.82. The van der Waals surface area contributed by atoms with Crippen molar-refractivity contribution < 1.29 is 0 Å². The van der Waals surface area contributed by atoms with Crippen molar-refractivity contribution in [1.29, 1.82) is 0 Å². The second kappa shape index (κ2) is 5.81. The normalized spacial score (nSPS) is 11.3. The largest absolute Gasteiger partial charge is 0.294 e. The topological polar surface area (TPSA) is 17.8 Å². The van der Waals surface area contributed by atoms with Crippen LogP contribution >= 0.6 is 50.7 Å². The molecule has 0 spiro atoms. The maximum Gasteiger partial charge on any atom is 0.129 e. The molecule has 21 heavy (non-hydrogen) atoms. The molecule has 0 aliphatic carbocycles. The lowest BCUT2D eigenvalue weighted by atomic mass is 10.2. The number of alkyl halides is 1. The molecule has 0 atom stereocenters. The standard InChI is InChI=1S/C15H10BrCl3N2/c1-8-2-4-11-10(6-8)20-13(7-17)21(11)12-5-3-9(16)14(18)15(12)19/h2-6H,7H2,1H3. The third kappa shape index (κ3) is 2.57. The Morgan fingerprint density at radius 1 is 1.14 bits per heavy atom. The van der Waals surface area contributed by atoms with Crippen molar-refractivity contribution >= 4 is 61.8 Å². The Bertz CT molecular complexity index is 843. The molecule has 0 saturated carbocycles. The molecule has 3 aromatic rings. The quantitative estimate of drug-likeness (QED) is 0.370. The van der Waals surface area contributed by atoms with Crippen LogP contribution in [-0.2, 0) is 5.88 Å². The number of nitrogens with zero attached hydrogens (tertiary/aromatic N) is 2. The summed E-state index contributed by atoms with van der Waals surface area (Å²) in [7, 11) is 0. The molecule has 1 aromatic heterocycles. The number of hydrogen-bond acceptors (Lipinski definition) is 1. The first kappa shape index (κ1) is 15.2. The molecule has 0 unspecified atom stereocenters. The van der Waals surface area contributed by atoms with Gasteiger partial charge in [0.1, 0.15) is 5.82 Å². The summed E-state index contributed by atoms with van der Waals surface area (Å²) in [6.45, 7) is 2.03. The minimum absolute atomic E-state index is 0.289. The highest BCUT2D eigenvalue weighted by atomic mass is 79.9. The van der Waals surface area contributed by atoms with Crippen molar-refractivity contribution in [2.24, 2.45) is 0 Å². The molecule has 0 fully saturated rings. The van der Waals surface area contributed by atoms with Crippen LogP contribution in [0.25, 0.3) is 16.7 Å². The number of aromatic nitrogens is 2. The van der Waals surface area contributed by atoms with E-state index in [4.69, 9.17) is 34.8 Å². The van der Waals surface area contributed by atoms with Crippen molar-refractivity contribution in [3.63, 3.8) is 0 Å². The number of hydrogen-bond donors (Lipinski definition) is 0. The molecule has 1 heterocycles. The van der Waals surface area contributed by atoms with Crippen LogP contribution in [0.1, 0.15) is 11.4 Å². The number of rotatable bonds is 2. The van der Waals surface area contributed by atoms with E-state index in [1.165, 1.54) is 0 Å². The van der Waals surface area contributed by atoms with Crippen LogP contribution in [-0.4, -0.2) is 9.55 Å². The lowest BCUT2D eigenvalue weighted by molar-refractivity contribution is 0.982. The highest BCUT2D eigenvalue weighted by molar-refractivity contribution is 9.10. The summed E-state index contributed by atoms with van der Waals surface area (Å²) >= 11 is 22.0. The fraction of sp³-hybridized carbons (Fsp3) is 0.133. The van der Waals surface area contributed by atoms with Gasteiger partial charge in [-0.3, -0.25) is 4.57 Å². The lowest BCUT2D eigenvalue weighted by Crippen LogP contribution is -2.00. The Hall–Kier alpha value is -0.740. The maximum absolute atomic E-state index is 6.40. The molecule has 0 bridgehead atoms. The summed E-state index contributed by atoms with van der Waals surface area (Å²) < 4.78 is 2.70. The first-order valence-electron chi connectivity index (χ1n) is 6.20. The Balaban J connectivity index is 2.36. The SMILES string of the molecule is Cc1ccc2c(c1)nc(CCl)n2-c1ccc(Br)c(Cl)c1Cl. The zero-order valence-corrected chi connectivity index (χ0v) is 14.9. The minimum atomic E-state index is 0.289. The van der Waals surface area contributed by atoms with Gasteiger partial charge in [-0.15, -0.1) is 11.6 Å². The summed E-state index contributed by atoms with van der Waals surface area (Å²) in [5.41, 5.74) is 3.76. The molecular weight excluding hydrogens is 394 g/mol. The summed E-state index contributed by atoms with van der Waals surface area (Å²) in [6, 6.07) is 9.83. The smallest absolute Gasteiger partial charge is 0.129 e. The Morgan fingerprint density at radius 2 is 1.90 bits per heavy atom. The molecular formula is C15H10BrCl3N2. The van der Waals surface area contributed by atoms with E-state index >= 15 is 0 Å². The molecule has 0 N–H and O–H groups in total. The molecule has 6 heteroatoms. The van der Waals surface area contributed by atoms with Crippen LogP contribution in [0.3, 0.4) is 0 Å². The van der Waals surface area contributed by atoms with E-state index in [0.717, 1.165) is 32.6 Å². The summed E-state index contributed by atoms with van der Waals surface area (Å²) in [5, 5.41) is 0.945. The van der Waals surface area contributed by atoms with Crippen molar-refractivity contribution in [2.45, 2.75) is 12.8 Å². The predicted molar refractivity (Wildman–Crippen MR) is 93.1 cm³/mol. The maximum atomic E-state index is 6.40. The van der Waals surface area contributed by atoms with Crippen molar-refractivity contribution in [1.82, 2.24) is 9.55 Å². The van der Waals surface area contributed by atoms with E-state index in [1.54, 1.807) is 0 Å². The van der Waals surface area contributed by atoms with Crippen molar-refractivity contribution in [3.05, 3.63) is 56.2 Å². The first-order chi connectivity index (χ1) is 10.0. The predicted octanol–water partition coefficient (Wildman–Crippen LogP) is 6.14. The molecule has 0 aliphatic rings. The summed E-state index contributed by atoms with van der Waals surface area (Å²) in [5.74, 6) is 1.02. The average molecular weight is 405 g/mol. The highest BCUT2D eigenvalue weighted by Gasteiger charge is 2.16. The van der Waals surface area contributed by atoms with Gasteiger partial charge in [0, 0.05) is 4.47 Å². The van der Waals surface area contributed by atoms with Gasteiger partial charge in [-0.05, 0) is 52.7 Å². The van der Waals surface area contributed by atoms with Crippen molar-refractivity contribution in [3.8, 4) is 5.69 Å². The first-order valence-corrected chi connectivity index (χ1v) is 8.29. The van der Waals surface area contributed by atoms with Gasteiger partial charge in [-0.25, -0.2) is 4.98 Å². The Kier molecular flexibility index (Phi) is 4.19. The number of fused-ring (bicyclic) bond motifs is 1. The van der Waals surface area contributed by atoms with E-state index in [9.17, 15) is 0 Å². The molecule has 0 amide bonds. The Labute approximate surface area is 145 Å². The Morgan fingerprint density at radius 3 is 2.62 bits per heavy atom. The third-order valence-corrected chi connectivity index (χ3v) is 5.25. The van der Waals surface area contributed by atoms with Crippen LogP contribution in [0.5, 0.6) is 0 Å². The monoisotopic (exact) mass is 402 g/mol. The van der Waals surface area contributed by atoms with E-state index < -0.39 is 0 Å². The third-order valence-electron chi connectivity index (χ3n) is 3.25. The fourth-order valence-corrected chi connectivity index (χ4v) is 3.32. The number of benzene rings is 2. The van der Waals surface area contributed by atoms with Crippen LogP contribution in [0.15, 0.2) is 34.8 Å². The number of halogens is 4. The van der Waals surface area contributed by atoms with Crippen LogP contribution in [0, 0.1) is 6.92 Å². The van der Waals surface area contributed by atoms with Gasteiger partial charge in [-0.1, -0.05) is 29.3 Å². The second-order valence-corrected chi connectivity index (χ2v) is 6.56. The highest BCUT2D eigenvalue weighted by Crippen LogP contribution is 2.37. The van der Waals surface area contributed by atoms with E-state index in [2.05, 4.69) is 20.9 Å². The van der Waals surface area contributed by atoms with Gasteiger partial charge in [0.05, 0.1) is 32.6 Å². The zero-order chi connectivity index (χ0) is 15.1. The van der Waals surface area contributed by atoms with Gasteiger partial charge in [0.2, 0.25) is 0 Å². The molecule has 2 aromatic carbocycles. The van der Waals surface area contributed by atoms with Gasteiger partial charge in [0.15, 0.2) is 0 Å². The molecule has 0 aliphatic heterocycles. The molecule has 2 nitrogen and oxygen atoms in total. The van der Waals surface area contributed by atoms with Gasteiger partial charge < -0.3 is 0 Å². The number of aryl methyl sites for hydroxylation is 1. The summed E-state index contributed by atoms with van der Waals surface area (Å²) in [4.78, 5) is 4.58.